The number of likely N-dealkylation sites (tertiary alicyclic amines) is 1. The number of nitrogens with one attached hydrogen (secondary N) is 1. The third-order valence-electron chi connectivity index (χ3n) is 5.04. The molecule has 124 valence electrons. The van der Waals surface area contributed by atoms with Crippen molar-refractivity contribution in [3.05, 3.63) is 0 Å². The quantitative estimate of drug-likeness (QED) is 0.755. The summed E-state index contributed by atoms with van der Waals surface area (Å²) in [6.07, 6.45) is 7.22. The molecule has 2 heterocycles. The Morgan fingerprint density at radius 3 is 2.86 bits per heavy atom. The van der Waals surface area contributed by atoms with E-state index >= 15 is 0 Å². The summed E-state index contributed by atoms with van der Waals surface area (Å²) in [6, 6.07) is 1.10. The van der Waals surface area contributed by atoms with Crippen molar-refractivity contribution in [3.8, 4) is 0 Å². The number of rotatable bonds is 7. The van der Waals surface area contributed by atoms with E-state index in [9.17, 15) is 5.11 Å². The van der Waals surface area contributed by atoms with Gasteiger partial charge in [-0.25, -0.2) is 0 Å². The molecule has 2 unspecified atom stereocenters. The smallest absolute Gasteiger partial charge is 0.0546 e. The first kappa shape index (κ1) is 17.2. The Hall–Kier alpha value is -0.160. The lowest BCUT2D eigenvalue weighted by molar-refractivity contribution is -0.0402. The van der Waals surface area contributed by atoms with Crippen LogP contribution >= 0.6 is 0 Å². The summed E-state index contributed by atoms with van der Waals surface area (Å²) in [6.45, 7) is 9.91. The first-order chi connectivity index (χ1) is 10.2. The van der Waals surface area contributed by atoms with Crippen LogP contribution in [0.1, 0.15) is 52.4 Å². The second-order valence-corrected chi connectivity index (χ2v) is 7.32. The zero-order valence-electron chi connectivity index (χ0n) is 13.9. The fourth-order valence-electron chi connectivity index (χ4n) is 3.83. The van der Waals surface area contributed by atoms with Crippen LogP contribution in [-0.2, 0) is 4.74 Å². The van der Waals surface area contributed by atoms with Gasteiger partial charge in [-0.3, -0.25) is 4.90 Å². The molecule has 2 aliphatic rings. The molecule has 2 N–H and O–H groups in total. The molecule has 21 heavy (non-hydrogen) atoms. The average Bonchev–Trinajstić information content (AvgIpc) is 2.49. The molecule has 4 heteroatoms. The highest BCUT2D eigenvalue weighted by molar-refractivity contribution is 4.90. The van der Waals surface area contributed by atoms with E-state index in [2.05, 4.69) is 24.1 Å². The summed E-state index contributed by atoms with van der Waals surface area (Å²) in [5, 5.41) is 13.0. The Morgan fingerprint density at radius 1 is 1.33 bits per heavy atom. The summed E-state index contributed by atoms with van der Waals surface area (Å²) >= 11 is 0. The molecule has 0 aromatic heterocycles. The van der Waals surface area contributed by atoms with Gasteiger partial charge >= 0.3 is 0 Å². The highest BCUT2D eigenvalue weighted by Gasteiger charge is 2.37. The summed E-state index contributed by atoms with van der Waals surface area (Å²) in [4.78, 5) is 2.64. The number of aliphatic hydroxyl groups is 1. The van der Waals surface area contributed by atoms with Gasteiger partial charge < -0.3 is 15.2 Å². The largest absolute Gasteiger partial charge is 0.396 e. The predicted molar refractivity (Wildman–Crippen MR) is 86.5 cm³/mol. The van der Waals surface area contributed by atoms with Crippen LogP contribution < -0.4 is 5.32 Å². The van der Waals surface area contributed by atoms with Gasteiger partial charge in [0.2, 0.25) is 0 Å². The van der Waals surface area contributed by atoms with E-state index in [-0.39, 0.29) is 5.41 Å². The SMILES string of the molecule is CC(C)NCC1(CN2CCCCC2CCO)CCCOC1. The molecule has 0 radical (unpaired) electrons. The predicted octanol–water partition coefficient (Wildman–Crippen LogP) is 2.02. The van der Waals surface area contributed by atoms with Crippen molar-refractivity contribution in [2.45, 2.75) is 64.5 Å². The van der Waals surface area contributed by atoms with Gasteiger partial charge in [0, 0.05) is 43.8 Å². The van der Waals surface area contributed by atoms with Gasteiger partial charge in [0.25, 0.3) is 0 Å². The Kier molecular flexibility index (Phi) is 6.93. The van der Waals surface area contributed by atoms with Gasteiger partial charge in [-0.05, 0) is 38.6 Å². The van der Waals surface area contributed by atoms with Crippen LogP contribution in [0.15, 0.2) is 0 Å². The van der Waals surface area contributed by atoms with E-state index in [1.807, 2.05) is 0 Å². The number of hydrogen-bond acceptors (Lipinski definition) is 4. The standard InChI is InChI=1S/C17H34N2O2/c1-15(2)18-12-17(8-5-11-21-14-17)13-19-9-4-3-6-16(19)7-10-20/h15-16,18,20H,3-14H2,1-2H3. The second kappa shape index (κ2) is 8.47. The number of ether oxygens (including phenoxy) is 1. The maximum Gasteiger partial charge on any atom is 0.0546 e. The lowest BCUT2D eigenvalue weighted by Crippen LogP contribution is -2.53. The fraction of sp³-hybridized carbons (Fsp3) is 1.00. The molecule has 0 amide bonds. The summed E-state index contributed by atoms with van der Waals surface area (Å²) < 4.78 is 5.84. The normalized spacial score (nSPS) is 31.7. The van der Waals surface area contributed by atoms with Crippen LogP contribution in [0, 0.1) is 5.41 Å². The number of hydrogen-bond donors (Lipinski definition) is 2. The van der Waals surface area contributed by atoms with Crippen LogP contribution in [0.25, 0.3) is 0 Å². The van der Waals surface area contributed by atoms with Gasteiger partial charge in [0.1, 0.15) is 0 Å². The zero-order valence-corrected chi connectivity index (χ0v) is 13.9. The van der Waals surface area contributed by atoms with E-state index in [1.54, 1.807) is 0 Å². The second-order valence-electron chi connectivity index (χ2n) is 7.32. The van der Waals surface area contributed by atoms with E-state index in [1.165, 1.54) is 38.6 Å². The van der Waals surface area contributed by atoms with Crippen molar-refractivity contribution >= 4 is 0 Å². The Labute approximate surface area is 130 Å². The molecule has 0 aliphatic carbocycles. The number of aliphatic hydroxyl groups excluding tert-OH is 1. The topological polar surface area (TPSA) is 44.7 Å². The molecule has 2 rings (SSSR count). The minimum absolute atomic E-state index is 0.258. The Balaban J connectivity index is 1.98. The first-order valence-electron chi connectivity index (χ1n) is 8.81. The fourth-order valence-corrected chi connectivity index (χ4v) is 3.83. The molecule has 0 bridgehead atoms. The first-order valence-corrected chi connectivity index (χ1v) is 8.81. The molecular weight excluding hydrogens is 264 g/mol. The molecule has 0 aromatic rings. The van der Waals surface area contributed by atoms with E-state index in [4.69, 9.17) is 4.74 Å². The van der Waals surface area contributed by atoms with Crippen molar-refractivity contribution in [2.24, 2.45) is 5.41 Å². The molecule has 2 aliphatic heterocycles. The third-order valence-corrected chi connectivity index (χ3v) is 5.04. The zero-order chi connectivity index (χ0) is 15.1. The highest BCUT2D eigenvalue weighted by atomic mass is 16.5. The third kappa shape index (κ3) is 5.20. The van der Waals surface area contributed by atoms with Crippen molar-refractivity contribution in [1.29, 1.82) is 0 Å². The van der Waals surface area contributed by atoms with Crippen molar-refractivity contribution < 1.29 is 9.84 Å². The summed E-state index contributed by atoms with van der Waals surface area (Å²) in [7, 11) is 0. The van der Waals surface area contributed by atoms with Crippen molar-refractivity contribution in [3.63, 3.8) is 0 Å². The van der Waals surface area contributed by atoms with Crippen LogP contribution in [0.3, 0.4) is 0 Å². The van der Waals surface area contributed by atoms with E-state index in [0.717, 1.165) is 32.7 Å². The molecule has 2 saturated heterocycles. The summed E-state index contributed by atoms with van der Waals surface area (Å²) in [5.74, 6) is 0. The van der Waals surface area contributed by atoms with Gasteiger partial charge in [-0.2, -0.15) is 0 Å². The van der Waals surface area contributed by atoms with Crippen LogP contribution in [-0.4, -0.2) is 61.5 Å². The molecule has 2 atom stereocenters. The summed E-state index contributed by atoms with van der Waals surface area (Å²) in [5.41, 5.74) is 0.258. The van der Waals surface area contributed by atoms with Gasteiger partial charge in [0.05, 0.1) is 6.61 Å². The minimum Gasteiger partial charge on any atom is -0.396 e. The Morgan fingerprint density at radius 2 is 2.19 bits per heavy atom. The maximum absolute atomic E-state index is 9.32. The van der Waals surface area contributed by atoms with Crippen LogP contribution in [0.4, 0.5) is 0 Å². The monoisotopic (exact) mass is 298 g/mol. The minimum atomic E-state index is 0.258. The highest BCUT2D eigenvalue weighted by Crippen LogP contribution is 2.32. The molecule has 2 fully saturated rings. The van der Waals surface area contributed by atoms with Crippen LogP contribution in [0.2, 0.25) is 0 Å². The lowest BCUT2D eigenvalue weighted by atomic mass is 9.80. The Bertz CT molecular complexity index is 289. The van der Waals surface area contributed by atoms with E-state index < -0.39 is 0 Å². The van der Waals surface area contributed by atoms with Crippen LogP contribution in [0.5, 0.6) is 0 Å². The maximum atomic E-state index is 9.32. The molecular formula is C17H34N2O2. The van der Waals surface area contributed by atoms with Crippen molar-refractivity contribution in [1.82, 2.24) is 10.2 Å². The van der Waals surface area contributed by atoms with Crippen molar-refractivity contribution in [2.75, 3.05) is 39.5 Å². The lowest BCUT2D eigenvalue weighted by Gasteiger charge is -2.45. The van der Waals surface area contributed by atoms with Gasteiger partial charge in [0.15, 0.2) is 0 Å². The van der Waals surface area contributed by atoms with Gasteiger partial charge in [-0.15, -0.1) is 0 Å². The number of piperidine rings is 1. The number of nitrogens with zero attached hydrogens (tertiary/aromatic N) is 1. The van der Waals surface area contributed by atoms with Gasteiger partial charge in [-0.1, -0.05) is 20.3 Å². The molecule has 0 aromatic carbocycles. The van der Waals surface area contributed by atoms with E-state index in [0.29, 0.717) is 18.7 Å². The molecule has 0 spiro atoms. The average molecular weight is 298 g/mol. The molecule has 4 nitrogen and oxygen atoms in total. The molecule has 0 saturated carbocycles.